The summed E-state index contributed by atoms with van der Waals surface area (Å²) in [5.74, 6) is -1.44. The summed E-state index contributed by atoms with van der Waals surface area (Å²) in [7, 11) is 0. The number of carboxylic acids is 1. The number of carboxylic acid groups (broad SMARTS) is 1. The second-order valence-electron chi connectivity index (χ2n) is 5.91. The van der Waals surface area contributed by atoms with Gasteiger partial charge in [-0.2, -0.15) is 0 Å². The van der Waals surface area contributed by atoms with E-state index in [1.54, 1.807) is 24.4 Å². The molecule has 26 heavy (non-hydrogen) atoms. The molecular weight excluding hydrogens is 333 g/mol. The van der Waals surface area contributed by atoms with Crippen LogP contribution in [0.5, 0.6) is 0 Å². The van der Waals surface area contributed by atoms with Crippen LogP contribution in [0.25, 0.3) is 11.3 Å². The topological polar surface area (TPSA) is 75.1 Å². The van der Waals surface area contributed by atoms with E-state index in [0.717, 1.165) is 23.7 Å². The number of carbonyl (C=O) groups is 1. The fourth-order valence-corrected chi connectivity index (χ4v) is 2.75. The van der Waals surface area contributed by atoms with Gasteiger partial charge < -0.3 is 10.4 Å². The first-order valence-corrected chi connectivity index (χ1v) is 8.19. The summed E-state index contributed by atoms with van der Waals surface area (Å²) in [5, 5.41) is 12.5. The number of aryl methyl sites for hydroxylation is 2. The average Bonchev–Trinajstić information content (AvgIpc) is 2.63. The summed E-state index contributed by atoms with van der Waals surface area (Å²) in [6.45, 7) is 3.80. The number of aromatic nitrogens is 2. The van der Waals surface area contributed by atoms with Gasteiger partial charge in [-0.1, -0.05) is 13.0 Å². The number of nitrogens with zero attached hydrogens (tertiary/aromatic N) is 2. The molecule has 2 N–H and O–H groups in total. The van der Waals surface area contributed by atoms with Crippen LogP contribution in [0.15, 0.2) is 48.9 Å². The quantitative estimate of drug-likeness (QED) is 0.703. The highest BCUT2D eigenvalue weighted by Crippen LogP contribution is 2.28. The third-order valence-electron chi connectivity index (χ3n) is 4.11. The van der Waals surface area contributed by atoms with E-state index in [1.807, 2.05) is 26.0 Å². The van der Waals surface area contributed by atoms with Crippen LogP contribution in [0.4, 0.5) is 15.8 Å². The number of halogens is 1. The Labute approximate surface area is 150 Å². The van der Waals surface area contributed by atoms with Crippen molar-refractivity contribution in [3.63, 3.8) is 0 Å². The number of anilines is 2. The predicted molar refractivity (Wildman–Crippen MR) is 98.2 cm³/mol. The molecule has 1 aromatic carbocycles. The first kappa shape index (κ1) is 17.5. The van der Waals surface area contributed by atoms with E-state index in [-0.39, 0.29) is 5.56 Å². The Morgan fingerprint density at radius 3 is 2.69 bits per heavy atom. The van der Waals surface area contributed by atoms with Crippen LogP contribution in [0, 0.1) is 12.7 Å². The summed E-state index contributed by atoms with van der Waals surface area (Å²) in [4.78, 5) is 19.6. The first-order valence-electron chi connectivity index (χ1n) is 8.19. The van der Waals surface area contributed by atoms with Gasteiger partial charge >= 0.3 is 5.97 Å². The lowest BCUT2D eigenvalue weighted by Crippen LogP contribution is -2.04. The third kappa shape index (κ3) is 3.54. The summed E-state index contributed by atoms with van der Waals surface area (Å²) >= 11 is 0. The molecule has 3 aromatic rings. The maximum absolute atomic E-state index is 13.9. The van der Waals surface area contributed by atoms with Crippen molar-refractivity contribution >= 4 is 17.3 Å². The SMILES string of the molecule is CCc1ccc(Nc2cnc(-c3ccncc3F)c(C)c2)c(C(=O)O)c1. The number of aromatic carboxylic acids is 1. The lowest BCUT2D eigenvalue weighted by molar-refractivity contribution is 0.0698. The molecule has 0 aliphatic carbocycles. The Hall–Kier alpha value is -3.28. The molecule has 0 aliphatic heterocycles. The van der Waals surface area contributed by atoms with E-state index in [0.29, 0.717) is 22.6 Å². The van der Waals surface area contributed by atoms with Gasteiger partial charge in [-0.15, -0.1) is 0 Å². The molecule has 0 amide bonds. The monoisotopic (exact) mass is 351 g/mol. The van der Waals surface area contributed by atoms with Gasteiger partial charge in [0.25, 0.3) is 0 Å². The van der Waals surface area contributed by atoms with E-state index < -0.39 is 11.8 Å². The minimum Gasteiger partial charge on any atom is -0.478 e. The molecule has 2 aromatic heterocycles. The number of benzene rings is 1. The van der Waals surface area contributed by atoms with Gasteiger partial charge in [-0.25, -0.2) is 9.18 Å². The van der Waals surface area contributed by atoms with Crippen molar-refractivity contribution < 1.29 is 14.3 Å². The van der Waals surface area contributed by atoms with Gasteiger partial charge in [0.1, 0.15) is 0 Å². The van der Waals surface area contributed by atoms with Crippen LogP contribution < -0.4 is 5.32 Å². The molecule has 132 valence electrons. The van der Waals surface area contributed by atoms with Gasteiger partial charge in [0, 0.05) is 11.8 Å². The number of pyridine rings is 2. The maximum Gasteiger partial charge on any atom is 0.337 e. The second-order valence-corrected chi connectivity index (χ2v) is 5.91. The Kier molecular flexibility index (Phi) is 4.93. The Balaban J connectivity index is 1.94. The van der Waals surface area contributed by atoms with Crippen LogP contribution in [0.2, 0.25) is 0 Å². The van der Waals surface area contributed by atoms with Crippen molar-refractivity contribution in [1.82, 2.24) is 9.97 Å². The molecule has 0 radical (unpaired) electrons. The predicted octanol–water partition coefficient (Wildman–Crippen LogP) is 4.60. The van der Waals surface area contributed by atoms with Gasteiger partial charge in [0.05, 0.1) is 35.0 Å². The number of hydrogen-bond donors (Lipinski definition) is 2. The van der Waals surface area contributed by atoms with Crippen LogP contribution in [-0.4, -0.2) is 21.0 Å². The lowest BCUT2D eigenvalue weighted by Gasteiger charge is -2.13. The first-order chi connectivity index (χ1) is 12.5. The molecule has 0 fully saturated rings. The average molecular weight is 351 g/mol. The van der Waals surface area contributed by atoms with E-state index in [4.69, 9.17) is 0 Å². The zero-order valence-corrected chi connectivity index (χ0v) is 14.5. The maximum atomic E-state index is 13.9. The number of rotatable bonds is 5. The fourth-order valence-electron chi connectivity index (χ4n) is 2.75. The minimum atomic E-state index is -0.997. The Morgan fingerprint density at radius 2 is 2.04 bits per heavy atom. The van der Waals surface area contributed by atoms with Gasteiger partial charge in [-0.05, 0) is 48.7 Å². The summed E-state index contributed by atoms with van der Waals surface area (Å²) in [5.41, 5.74) is 3.93. The second kappa shape index (κ2) is 7.31. The van der Waals surface area contributed by atoms with E-state index in [9.17, 15) is 14.3 Å². The van der Waals surface area contributed by atoms with Crippen molar-refractivity contribution in [2.75, 3.05) is 5.32 Å². The highest BCUT2D eigenvalue weighted by atomic mass is 19.1. The molecule has 0 saturated heterocycles. The zero-order chi connectivity index (χ0) is 18.7. The van der Waals surface area contributed by atoms with E-state index in [2.05, 4.69) is 15.3 Å². The lowest BCUT2D eigenvalue weighted by atomic mass is 10.1. The molecule has 0 bridgehead atoms. The van der Waals surface area contributed by atoms with Gasteiger partial charge in [0.2, 0.25) is 0 Å². The number of nitrogens with one attached hydrogen (secondary N) is 1. The Morgan fingerprint density at radius 1 is 1.23 bits per heavy atom. The van der Waals surface area contributed by atoms with Gasteiger partial charge in [0.15, 0.2) is 5.82 Å². The summed E-state index contributed by atoms with van der Waals surface area (Å²) in [6, 6.07) is 8.67. The number of hydrogen-bond acceptors (Lipinski definition) is 4. The summed E-state index contributed by atoms with van der Waals surface area (Å²) < 4.78 is 13.9. The molecule has 6 heteroatoms. The van der Waals surface area contributed by atoms with E-state index in [1.165, 1.54) is 6.20 Å². The zero-order valence-electron chi connectivity index (χ0n) is 14.5. The summed E-state index contributed by atoms with van der Waals surface area (Å²) in [6.07, 6.45) is 4.98. The van der Waals surface area contributed by atoms with Crippen molar-refractivity contribution in [1.29, 1.82) is 0 Å². The largest absolute Gasteiger partial charge is 0.478 e. The molecule has 0 spiro atoms. The van der Waals surface area contributed by atoms with Crippen molar-refractivity contribution in [2.24, 2.45) is 0 Å². The van der Waals surface area contributed by atoms with E-state index >= 15 is 0 Å². The van der Waals surface area contributed by atoms with Crippen LogP contribution in [-0.2, 0) is 6.42 Å². The standard InChI is InChI=1S/C20H18FN3O2/c1-3-13-4-5-18(16(9-13)20(25)26)24-14-8-12(2)19(23-10-14)15-6-7-22-11-17(15)21/h4-11,24H,3H2,1-2H3,(H,25,26). The molecule has 0 saturated carbocycles. The van der Waals surface area contributed by atoms with Crippen molar-refractivity contribution in [3.8, 4) is 11.3 Å². The minimum absolute atomic E-state index is 0.200. The van der Waals surface area contributed by atoms with Crippen LogP contribution >= 0.6 is 0 Å². The third-order valence-corrected chi connectivity index (χ3v) is 4.11. The highest BCUT2D eigenvalue weighted by molar-refractivity contribution is 5.95. The normalized spacial score (nSPS) is 10.6. The van der Waals surface area contributed by atoms with Crippen LogP contribution in [0.1, 0.15) is 28.4 Å². The smallest absolute Gasteiger partial charge is 0.337 e. The van der Waals surface area contributed by atoms with Crippen molar-refractivity contribution in [3.05, 3.63) is 71.4 Å². The molecule has 2 heterocycles. The fraction of sp³-hybridized carbons (Fsp3) is 0.150. The molecule has 0 atom stereocenters. The molecular formula is C20H18FN3O2. The molecule has 5 nitrogen and oxygen atoms in total. The highest BCUT2D eigenvalue weighted by Gasteiger charge is 2.13. The molecule has 3 rings (SSSR count). The van der Waals surface area contributed by atoms with Crippen LogP contribution in [0.3, 0.4) is 0 Å². The molecule has 0 aliphatic rings. The van der Waals surface area contributed by atoms with Gasteiger partial charge in [-0.3, -0.25) is 9.97 Å². The molecule has 0 unspecified atom stereocenters. The van der Waals surface area contributed by atoms with Crippen molar-refractivity contribution in [2.45, 2.75) is 20.3 Å². The Bertz CT molecular complexity index is 973.